The summed E-state index contributed by atoms with van der Waals surface area (Å²) >= 11 is 0. The van der Waals surface area contributed by atoms with Crippen LogP contribution in [0.15, 0.2) is 36.6 Å². The van der Waals surface area contributed by atoms with Gasteiger partial charge in [-0.2, -0.15) is 0 Å². The highest BCUT2D eigenvalue weighted by atomic mass is 16.5. The van der Waals surface area contributed by atoms with Crippen LogP contribution in [0.25, 0.3) is 0 Å². The second kappa shape index (κ2) is 5.99. The second-order valence-corrected chi connectivity index (χ2v) is 5.43. The third-order valence-electron chi connectivity index (χ3n) is 3.66. The highest BCUT2D eigenvalue weighted by molar-refractivity contribution is 5.94. The Bertz CT molecular complexity index is 492. The van der Waals surface area contributed by atoms with Crippen LogP contribution in [-0.4, -0.2) is 18.6 Å². The van der Waals surface area contributed by atoms with E-state index in [1.165, 1.54) is 0 Å². The molecule has 1 aliphatic heterocycles. The van der Waals surface area contributed by atoms with Crippen LogP contribution in [0, 0.1) is 5.92 Å². The number of hydrogen-bond acceptors (Lipinski definition) is 3. The van der Waals surface area contributed by atoms with Crippen molar-refractivity contribution in [3.63, 3.8) is 0 Å². The van der Waals surface area contributed by atoms with Gasteiger partial charge in [-0.05, 0) is 56.0 Å². The average Bonchev–Trinajstić information content (AvgIpc) is 3.32. The van der Waals surface area contributed by atoms with E-state index in [0.717, 1.165) is 43.6 Å². The number of amides is 1. The van der Waals surface area contributed by atoms with Gasteiger partial charge in [-0.15, -0.1) is 0 Å². The summed E-state index contributed by atoms with van der Waals surface area (Å²) in [7, 11) is 0. The van der Waals surface area contributed by atoms with Crippen LogP contribution in [0.4, 0.5) is 11.4 Å². The molecule has 1 aliphatic carbocycles. The molecule has 4 nitrogen and oxygen atoms in total. The molecule has 1 aromatic rings. The summed E-state index contributed by atoms with van der Waals surface area (Å²) in [6.07, 6.45) is 8.27. The maximum absolute atomic E-state index is 11.6. The Balaban J connectivity index is 1.47. The molecule has 0 saturated heterocycles. The molecule has 1 heterocycles. The quantitative estimate of drug-likeness (QED) is 0.865. The molecule has 2 aliphatic rings. The Labute approximate surface area is 119 Å². The fraction of sp³-hybridized carbons (Fsp3) is 0.438. The zero-order chi connectivity index (χ0) is 13.8. The van der Waals surface area contributed by atoms with Crippen molar-refractivity contribution in [2.75, 3.05) is 17.2 Å². The Morgan fingerprint density at radius 2 is 1.90 bits per heavy atom. The summed E-state index contributed by atoms with van der Waals surface area (Å²) in [6, 6.07) is 7.84. The predicted octanol–water partition coefficient (Wildman–Crippen LogP) is 3.14. The predicted molar refractivity (Wildman–Crippen MR) is 79.5 cm³/mol. The third kappa shape index (κ3) is 3.53. The highest BCUT2D eigenvalue weighted by Gasteiger charge is 2.29. The summed E-state index contributed by atoms with van der Waals surface area (Å²) in [5, 5.41) is 6.29. The fourth-order valence-electron chi connectivity index (χ4n) is 2.23. The lowest BCUT2D eigenvalue weighted by molar-refractivity contribution is -0.117. The molecule has 1 saturated carbocycles. The van der Waals surface area contributed by atoms with Crippen LogP contribution in [-0.2, 0) is 9.53 Å². The normalized spacial score (nSPS) is 21.1. The summed E-state index contributed by atoms with van der Waals surface area (Å²) < 4.78 is 5.51. The van der Waals surface area contributed by atoms with Crippen molar-refractivity contribution < 1.29 is 9.53 Å². The lowest BCUT2D eigenvalue weighted by Gasteiger charge is -2.20. The zero-order valence-corrected chi connectivity index (χ0v) is 11.5. The first kappa shape index (κ1) is 13.0. The van der Waals surface area contributed by atoms with E-state index in [-0.39, 0.29) is 17.9 Å². The standard InChI is InChI=1S/C16H20N2O2/c19-16(12-4-5-12)18-14-8-6-13(7-9-14)17-11-15-3-1-2-10-20-15/h2,6-10,12,15,17H,1,3-5,11H2,(H,18,19). The highest BCUT2D eigenvalue weighted by Crippen LogP contribution is 2.30. The van der Waals surface area contributed by atoms with Crippen molar-refractivity contribution in [3.8, 4) is 0 Å². The minimum Gasteiger partial charge on any atom is -0.497 e. The molecular formula is C16H20N2O2. The Kier molecular flexibility index (Phi) is 3.90. The lowest BCUT2D eigenvalue weighted by atomic mass is 10.1. The second-order valence-electron chi connectivity index (χ2n) is 5.43. The number of ether oxygens (including phenoxy) is 1. The molecule has 1 unspecified atom stereocenters. The summed E-state index contributed by atoms with van der Waals surface area (Å²) in [6.45, 7) is 0.804. The van der Waals surface area contributed by atoms with Crippen LogP contribution < -0.4 is 10.6 Å². The number of anilines is 2. The van der Waals surface area contributed by atoms with Gasteiger partial charge in [-0.25, -0.2) is 0 Å². The Morgan fingerprint density at radius 3 is 2.55 bits per heavy atom. The van der Waals surface area contributed by atoms with Crippen molar-refractivity contribution in [2.24, 2.45) is 5.92 Å². The summed E-state index contributed by atoms with van der Waals surface area (Å²) in [5.41, 5.74) is 1.91. The molecule has 0 spiro atoms. The molecule has 0 bridgehead atoms. The van der Waals surface area contributed by atoms with Gasteiger partial charge >= 0.3 is 0 Å². The van der Waals surface area contributed by atoms with Crippen LogP contribution in [0.2, 0.25) is 0 Å². The molecule has 2 N–H and O–H groups in total. The number of benzene rings is 1. The van der Waals surface area contributed by atoms with Crippen molar-refractivity contribution in [2.45, 2.75) is 31.8 Å². The van der Waals surface area contributed by atoms with Gasteiger partial charge in [0.15, 0.2) is 0 Å². The molecule has 1 fully saturated rings. The summed E-state index contributed by atoms with van der Waals surface area (Å²) in [4.78, 5) is 11.6. The van der Waals surface area contributed by atoms with E-state index >= 15 is 0 Å². The minimum atomic E-state index is 0.146. The van der Waals surface area contributed by atoms with E-state index in [9.17, 15) is 4.79 Å². The first-order valence-electron chi connectivity index (χ1n) is 7.26. The topological polar surface area (TPSA) is 50.4 Å². The number of nitrogens with one attached hydrogen (secondary N) is 2. The molecule has 0 aromatic heterocycles. The minimum absolute atomic E-state index is 0.146. The lowest BCUT2D eigenvalue weighted by Crippen LogP contribution is -2.22. The maximum atomic E-state index is 11.6. The van der Waals surface area contributed by atoms with Crippen LogP contribution >= 0.6 is 0 Å². The molecule has 1 aromatic carbocycles. The molecule has 4 heteroatoms. The number of rotatable bonds is 5. The van der Waals surface area contributed by atoms with E-state index in [1.807, 2.05) is 30.3 Å². The van der Waals surface area contributed by atoms with Gasteiger partial charge in [0, 0.05) is 17.3 Å². The number of allylic oxidation sites excluding steroid dienone is 1. The molecular weight excluding hydrogens is 252 g/mol. The fourth-order valence-corrected chi connectivity index (χ4v) is 2.23. The van der Waals surface area contributed by atoms with Gasteiger partial charge < -0.3 is 15.4 Å². The SMILES string of the molecule is O=C(Nc1ccc(NCC2CCC=CO2)cc1)C1CC1. The van der Waals surface area contributed by atoms with E-state index in [2.05, 4.69) is 10.6 Å². The van der Waals surface area contributed by atoms with Gasteiger partial charge in [0.2, 0.25) is 5.91 Å². The van der Waals surface area contributed by atoms with Crippen LogP contribution in [0.3, 0.4) is 0 Å². The van der Waals surface area contributed by atoms with E-state index < -0.39 is 0 Å². The number of carbonyl (C=O) groups is 1. The zero-order valence-electron chi connectivity index (χ0n) is 11.5. The molecule has 0 radical (unpaired) electrons. The first-order chi connectivity index (χ1) is 9.81. The summed E-state index contributed by atoms with van der Waals surface area (Å²) in [5.74, 6) is 0.386. The average molecular weight is 272 g/mol. The molecule has 1 amide bonds. The molecule has 1 atom stereocenters. The van der Waals surface area contributed by atoms with Gasteiger partial charge in [0.25, 0.3) is 0 Å². The molecule has 106 valence electrons. The van der Waals surface area contributed by atoms with Gasteiger partial charge in [-0.1, -0.05) is 0 Å². The number of carbonyl (C=O) groups excluding carboxylic acids is 1. The first-order valence-corrected chi connectivity index (χ1v) is 7.26. The van der Waals surface area contributed by atoms with Crippen LogP contribution in [0.5, 0.6) is 0 Å². The van der Waals surface area contributed by atoms with Crippen molar-refractivity contribution in [1.82, 2.24) is 0 Å². The van der Waals surface area contributed by atoms with E-state index in [0.29, 0.717) is 0 Å². The van der Waals surface area contributed by atoms with Crippen molar-refractivity contribution in [3.05, 3.63) is 36.6 Å². The van der Waals surface area contributed by atoms with E-state index in [4.69, 9.17) is 4.74 Å². The molecule has 3 rings (SSSR count). The Hall–Kier alpha value is -1.97. The van der Waals surface area contributed by atoms with E-state index in [1.54, 1.807) is 6.26 Å². The smallest absolute Gasteiger partial charge is 0.227 e. The maximum Gasteiger partial charge on any atom is 0.227 e. The van der Waals surface area contributed by atoms with Gasteiger partial charge in [0.1, 0.15) is 6.10 Å². The van der Waals surface area contributed by atoms with Crippen molar-refractivity contribution >= 4 is 17.3 Å². The number of hydrogen-bond donors (Lipinski definition) is 2. The monoisotopic (exact) mass is 272 g/mol. The largest absolute Gasteiger partial charge is 0.497 e. The Morgan fingerprint density at radius 1 is 1.15 bits per heavy atom. The van der Waals surface area contributed by atoms with Crippen LogP contribution in [0.1, 0.15) is 25.7 Å². The van der Waals surface area contributed by atoms with Crippen molar-refractivity contribution in [1.29, 1.82) is 0 Å². The third-order valence-corrected chi connectivity index (χ3v) is 3.66. The van der Waals surface area contributed by atoms with Gasteiger partial charge in [-0.3, -0.25) is 4.79 Å². The molecule has 20 heavy (non-hydrogen) atoms. The van der Waals surface area contributed by atoms with Gasteiger partial charge in [0.05, 0.1) is 12.8 Å².